The van der Waals surface area contributed by atoms with E-state index in [9.17, 15) is 9.59 Å². The minimum atomic E-state index is -0.627. The highest BCUT2D eigenvalue weighted by molar-refractivity contribution is 14.1. The van der Waals surface area contributed by atoms with Crippen molar-refractivity contribution in [3.63, 3.8) is 0 Å². The molecule has 0 fully saturated rings. The first-order chi connectivity index (χ1) is 18.3. The van der Waals surface area contributed by atoms with Crippen LogP contribution in [0.3, 0.4) is 0 Å². The van der Waals surface area contributed by atoms with Gasteiger partial charge < -0.3 is 28.5 Å². The molecular formula is C30H34I2O6. The fourth-order valence-electron chi connectivity index (χ4n) is 4.51. The monoisotopic (exact) mass is 744 g/mol. The molecule has 0 saturated carbocycles. The largest absolute Gasteiger partial charge is 0.454 e. The van der Waals surface area contributed by atoms with Crippen LogP contribution in [0.4, 0.5) is 0 Å². The van der Waals surface area contributed by atoms with E-state index in [2.05, 4.69) is 72.2 Å². The zero-order chi connectivity index (χ0) is 27.8. The average Bonchev–Trinajstić information content (AvgIpc) is 3.59. The number of benzene rings is 2. The van der Waals surface area contributed by atoms with Crippen LogP contribution in [0, 0.1) is 0 Å². The number of aldehydes is 2. The van der Waals surface area contributed by atoms with Gasteiger partial charge in [-0.2, -0.15) is 0 Å². The van der Waals surface area contributed by atoms with E-state index < -0.39 is 10.8 Å². The molecule has 0 unspecified atom stereocenters. The zero-order valence-corrected chi connectivity index (χ0v) is 26.2. The Bertz CT molecular complexity index is 1090. The lowest BCUT2D eigenvalue weighted by Crippen LogP contribution is -2.28. The van der Waals surface area contributed by atoms with Gasteiger partial charge >= 0.3 is 0 Å². The van der Waals surface area contributed by atoms with Crippen molar-refractivity contribution < 1.29 is 28.5 Å². The highest BCUT2D eigenvalue weighted by atomic mass is 127. The van der Waals surface area contributed by atoms with E-state index in [0.29, 0.717) is 11.5 Å². The van der Waals surface area contributed by atoms with Gasteiger partial charge in [0.1, 0.15) is 12.6 Å². The van der Waals surface area contributed by atoms with E-state index >= 15 is 0 Å². The number of hydrogen-bond donors (Lipinski definition) is 0. The number of halogens is 2. The number of carbonyl (C=O) groups excluding carboxylic acids is 2. The van der Waals surface area contributed by atoms with Crippen LogP contribution in [0.15, 0.2) is 56.7 Å². The Morgan fingerprint density at radius 1 is 0.737 bits per heavy atom. The van der Waals surface area contributed by atoms with Gasteiger partial charge in [0.25, 0.3) is 0 Å². The van der Waals surface area contributed by atoms with Crippen LogP contribution in [-0.2, 0) is 20.4 Å². The number of hydrogen-bond acceptors (Lipinski definition) is 6. The molecule has 0 N–H and O–H groups in total. The smallest absolute Gasteiger partial charge is 0.231 e. The summed E-state index contributed by atoms with van der Waals surface area (Å²) in [6, 6.07) is 11.4. The van der Waals surface area contributed by atoms with Gasteiger partial charge in [0.2, 0.25) is 13.6 Å². The second kappa shape index (κ2) is 13.8. The van der Waals surface area contributed by atoms with Gasteiger partial charge in [0.15, 0.2) is 23.0 Å². The molecule has 38 heavy (non-hydrogen) atoms. The van der Waals surface area contributed by atoms with Crippen molar-refractivity contribution in [2.45, 2.75) is 63.2 Å². The molecule has 2 aliphatic heterocycles. The fourth-order valence-corrected chi connectivity index (χ4v) is 5.93. The van der Waals surface area contributed by atoms with Gasteiger partial charge in [0.05, 0.1) is 10.8 Å². The van der Waals surface area contributed by atoms with Crippen LogP contribution in [0.2, 0.25) is 0 Å². The molecule has 4 rings (SSSR count). The van der Waals surface area contributed by atoms with Gasteiger partial charge in [-0.15, -0.1) is 0 Å². The molecule has 0 aliphatic carbocycles. The summed E-state index contributed by atoms with van der Waals surface area (Å²) in [4.78, 5) is 23.5. The molecule has 204 valence electrons. The van der Waals surface area contributed by atoms with E-state index in [1.165, 1.54) is 0 Å². The lowest BCUT2D eigenvalue weighted by atomic mass is 9.77. The quantitative estimate of drug-likeness (QED) is 0.162. The molecule has 2 aromatic rings. The summed E-state index contributed by atoms with van der Waals surface area (Å²) in [6.45, 7) is 12.7. The number of carbonyl (C=O) groups is 2. The Balaban J connectivity index is 0.000000211. The second-order valence-corrected chi connectivity index (χ2v) is 11.9. The summed E-state index contributed by atoms with van der Waals surface area (Å²) in [7, 11) is 0. The lowest BCUT2D eigenvalue weighted by Gasteiger charge is -2.28. The first-order valence-electron chi connectivity index (χ1n) is 12.7. The molecule has 8 heteroatoms. The zero-order valence-electron chi connectivity index (χ0n) is 21.9. The van der Waals surface area contributed by atoms with Crippen molar-refractivity contribution in [3.05, 3.63) is 67.8 Å². The molecular weight excluding hydrogens is 710 g/mol. The van der Waals surface area contributed by atoms with Crippen LogP contribution in [0.1, 0.15) is 63.5 Å². The third-order valence-corrected chi connectivity index (χ3v) is 8.92. The Labute approximate surface area is 252 Å². The summed E-state index contributed by atoms with van der Waals surface area (Å²) >= 11 is 4.30. The van der Waals surface area contributed by atoms with E-state index in [4.69, 9.17) is 18.9 Å². The summed E-state index contributed by atoms with van der Waals surface area (Å²) in [5.74, 6) is 2.88. The maximum absolute atomic E-state index is 11.7. The Morgan fingerprint density at radius 3 is 1.42 bits per heavy atom. The third-order valence-electron chi connectivity index (χ3n) is 7.00. The molecule has 6 nitrogen and oxygen atoms in total. The maximum Gasteiger partial charge on any atom is 0.231 e. The van der Waals surface area contributed by atoms with Crippen LogP contribution < -0.4 is 18.9 Å². The van der Waals surface area contributed by atoms with E-state index in [1.54, 1.807) is 0 Å². The van der Waals surface area contributed by atoms with E-state index in [-0.39, 0.29) is 13.6 Å². The third kappa shape index (κ3) is 6.38. The van der Waals surface area contributed by atoms with Crippen LogP contribution in [-0.4, -0.2) is 26.2 Å². The predicted octanol–water partition coefficient (Wildman–Crippen LogP) is 7.98. The summed E-state index contributed by atoms with van der Waals surface area (Å²) in [5, 5.41) is 0. The number of ether oxygens (including phenoxy) is 4. The molecule has 0 saturated heterocycles. The molecule has 0 aromatic heterocycles. The Kier molecular flexibility index (Phi) is 11.1. The first kappa shape index (κ1) is 30.5. The van der Waals surface area contributed by atoms with Crippen molar-refractivity contribution in [1.82, 2.24) is 0 Å². The molecule has 2 atom stereocenters. The van der Waals surface area contributed by atoms with Gasteiger partial charge in [0, 0.05) is 7.16 Å². The van der Waals surface area contributed by atoms with Gasteiger partial charge in [-0.3, -0.25) is 0 Å². The predicted molar refractivity (Wildman–Crippen MR) is 166 cm³/mol. The number of rotatable bonds is 12. The lowest BCUT2D eigenvalue weighted by molar-refractivity contribution is -0.112. The Hall–Kier alpha value is -2.08. The van der Waals surface area contributed by atoms with Crippen LogP contribution in [0.25, 0.3) is 0 Å². The van der Waals surface area contributed by atoms with Crippen molar-refractivity contribution in [3.8, 4) is 23.0 Å². The summed E-state index contributed by atoms with van der Waals surface area (Å²) in [5.41, 5.74) is 0.606. The molecule has 2 aliphatic rings. The Morgan fingerprint density at radius 2 is 1.11 bits per heavy atom. The number of allylic oxidation sites excluding steroid dienone is 2. The van der Waals surface area contributed by atoms with Crippen LogP contribution in [0.5, 0.6) is 23.0 Å². The first-order valence-corrected chi connectivity index (χ1v) is 14.9. The molecule has 0 bridgehead atoms. The van der Waals surface area contributed by atoms with Crippen molar-refractivity contribution in [1.29, 1.82) is 0 Å². The van der Waals surface area contributed by atoms with Crippen molar-refractivity contribution in [2.75, 3.05) is 13.6 Å². The molecule has 2 heterocycles. The van der Waals surface area contributed by atoms with Gasteiger partial charge in [-0.05, 0) is 93.4 Å². The minimum absolute atomic E-state index is 0.243. The number of fused-ring (bicyclic) bond motifs is 2. The van der Waals surface area contributed by atoms with E-state index in [0.717, 1.165) is 80.9 Å². The topological polar surface area (TPSA) is 71.1 Å². The molecule has 0 radical (unpaired) electrons. The normalized spacial score (nSPS) is 15.9. The highest BCUT2D eigenvalue weighted by Gasteiger charge is 2.36. The average molecular weight is 744 g/mol. The highest BCUT2D eigenvalue weighted by Crippen LogP contribution is 2.44. The number of unbranched alkanes of at least 4 members (excludes halogenated alkanes) is 2. The molecule has 2 aromatic carbocycles. The summed E-state index contributed by atoms with van der Waals surface area (Å²) in [6.07, 6.45) is 7.62. The standard InChI is InChI=1S/2C15H17IO3/c2*1-3-4-7-15(9-17,11(2)16)12-5-6-13-14(8-12)19-10-18-13/h2*5-6,8-9H,2-4,7,10H2,1H3/t2*15-/m11/s1. The van der Waals surface area contributed by atoms with Gasteiger partial charge in [-0.25, -0.2) is 0 Å². The summed E-state index contributed by atoms with van der Waals surface area (Å²) < 4.78 is 23.1. The minimum Gasteiger partial charge on any atom is -0.454 e. The van der Waals surface area contributed by atoms with E-state index in [1.807, 2.05) is 36.4 Å². The maximum atomic E-state index is 11.7. The fraction of sp³-hybridized carbons (Fsp3) is 0.400. The van der Waals surface area contributed by atoms with Gasteiger partial charge in [-0.1, -0.05) is 64.8 Å². The molecule has 0 spiro atoms. The van der Waals surface area contributed by atoms with Crippen molar-refractivity contribution >= 4 is 57.8 Å². The SMILES string of the molecule is C=C(I)[C@](C=O)(CCCC)c1ccc2c(c1)OCO2.C=C(I)[C@](C=O)(CCCC)c1ccc2c(c1)OCO2. The molecule has 0 amide bonds. The van der Waals surface area contributed by atoms with Crippen molar-refractivity contribution in [2.24, 2.45) is 0 Å². The second-order valence-electron chi connectivity index (χ2n) is 9.33. The van der Waals surface area contributed by atoms with Crippen LogP contribution >= 0.6 is 45.2 Å².